The molecule has 0 saturated heterocycles. The van der Waals surface area contributed by atoms with E-state index in [1.807, 2.05) is 0 Å². The predicted molar refractivity (Wildman–Crippen MR) is 143 cm³/mol. The second-order valence-corrected chi connectivity index (χ2v) is 10.2. The van der Waals surface area contributed by atoms with E-state index in [1.165, 1.54) is 36.0 Å². The Morgan fingerprint density at radius 2 is 1.82 bits per heavy atom. The molecule has 6 rings (SSSR count). The van der Waals surface area contributed by atoms with Crippen molar-refractivity contribution >= 4 is 35.1 Å². The monoisotopic (exact) mass is 561 g/mol. The van der Waals surface area contributed by atoms with Gasteiger partial charge in [-0.25, -0.2) is 18.7 Å². The van der Waals surface area contributed by atoms with Gasteiger partial charge in [-0.15, -0.1) is 0 Å². The zero-order chi connectivity index (χ0) is 27.5. The molecular formula is C27H33ClFN5O5. The number of fused-ring (bicyclic) bond motifs is 4. The molecule has 2 heterocycles. The number of halogens is 2. The first-order chi connectivity index (χ1) is 18.1. The Bertz CT molecular complexity index is 1350. The van der Waals surface area contributed by atoms with Gasteiger partial charge >= 0.3 is 11.9 Å². The number of ether oxygens (including phenoxy) is 1. The number of hydrogen-bond donors (Lipinski definition) is 3. The van der Waals surface area contributed by atoms with Crippen molar-refractivity contribution < 1.29 is 28.6 Å². The molecular weight excluding hydrogens is 529 g/mol. The molecule has 210 valence electrons. The average Bonchev–Trinajstić information content (AvgIpc) is 3.42. The molecule has 3 aliphatic rings. The fourth-order valence-corrected chi connectivity index (χ4v) is 5.46. The normalized spacial score (nSPS) is 21.3. The number of carboxylic acids is 1. The predicted octanol–water partition coefficient (Wildman–Crippen LogP) is 4.24. The lowest BCUT2D eigenvalue weighted by Gasteiger charge is -2.51. The molecule has 10 nitrogen and oxygen atoms in total. The van der Waals surface area contributed by atoms with Gasteiger partial charge in [-0.1, -0.05) is 25.1 Å². The van der Waals surface area contributed by atoms with E-state index in [0.29, 0.717) is 18.7 Å². The number of rotatable bonds is 6. The van der Waals surface area contributed by atoms with E-state index in [-0.39, 0.29) is 46.5 Å². The number of benzene rings is 1. The minimum Gasteiger partial charge on any atom is -0.477 e. The summed E-state index contributed by atoms with van der Waals surface area (Å²) in [4.78, 5) is 40.2. The van der Waals surface area contributed by atoms with Gasteiger partial charge in [0.25, 0.3) is 5.91 Å². The van der Waals surface area contributed by atoms with E-state index in [0.717, 1.165) is 44.1 Å². The molecule has 0 spiro atoms. The van der Waals surface area contributed by atoms with Crippen LogP contribution in [-0.4, -0.2) is 51.2 Å². The van der Waals surface area contributed by atoms with Crippen molar-refractivity contribution in [2.24, 2.45) is 16.6 Å². The van der Waals surface area contributed by atoms with Crippen molar-refractivity contribution in [3.63, 3.8) is 0 Å². The van der Waals surface area contributed by atoms with Gasteiger partial charge in [-0.3, -0.25) is 9.59 Å². The Balaban J connectivity index is 0.000000324. The molecule has 39 heavy (non-hydrogen) atoms. The van der Waals surface area contributed by atoms with Gasteiger partial charge in [-0.05, 0) is 61.6 Å². The Kier molecular flexibility index (Phi) is 9.29. The second-order valence-electron chi connectivity index (χ2n) is 9.84. The van der Waals surface area contributed by atoms with Crippen molar-refractivity contribution in [1.82, 2.24) is 19.9 Å². The van der Waals surface area contributed by atoms with Gasteiger partial charge in [0, 0.05) is 25.2 Å². The molecule has 3 aromatic rings. The summed E-state index contributed by atoms with van der Waals surface area (Å²) in [6.45, 7) is 0.872. The number of carbonyl (C=O) groups is 3. The first-order valence-electron chi connectivity index (χ1n) is 12.2. The summed E-state index contributed by atoms with van der Waals surface area (Å²) in [7, 11) is 1.43. The van der Waals surface area contributed by atoms with E-state index >= 15 is 0 Å². The summed E-state index contributed by atoms with van der Waals surface area (Å²) < 4.78 is 18.8. The quantitative estimate of drug-likeness (QED) is 0.378. The lowest BCUT2D eigenvalue weighted by molar-refractivity contribution is -0.162. The van der Waals surface area contributed by atoms with Crippen LogP contribution in [0.25, 0.3) is 5.65 Å². The number of hydrogen-bond acceptors (Lipinski definition) is 7. The van der Waals surface area contributed by atoms with Crippen molar-refractivity contribution in [3.05, 3.63) is 64.3 Å². The summed E-state index contributed by atoms with van der Waals surface area (Å²) in [6.07, 6.45) is 6.37. The third-order valence-corrected chi connectivity index (χ3v) is 7.96. The summed E-state index contributed by atoms with van der Waals surface area (Å²) in [5, 5.41) is 16.4. The van der Waals surface area contributed by atoms with E-state index in [2.05, 4.69) is 15.4 Å². The SMILES string of the molecule is C.COC(=O)C12CCC(CNC(=O)c3cc(C(=O)O)nc4ccnn34)(CC1)CC2.NCc1ccc(F)c(Cl)c1. The van der Waals surface area contributed by atoms with Gasteiger partial charge in [0.1, 0.15) is 11.5 Å². The molecule has 0 aliphatic heterocycles. The van der Waals surface area contributed by atoms with Crippen molar-refractivity contribution in [1.29, 1.82) is 0 Å². The number of carbonyl (C=O) groups excluding carboxylic acids is 2. The molecule has 3 aliphatic carbocycles. The fraction of sp³-hybridized carbons (Fsp3) is 0.444. The molecule has 4 N–H and O–H groups in total. The van der Waals surface area contributed by atoms with Crippen LogP contribution in [0.2, 0.25) is 5.02 Å². The summed E-state index contributed by atoms with van der Waals surface area (Å²) in [5.41, 5.74) is 5.98. The van der Waals surface area contributed by atoms with Crippen LogP contribution in [-0.2, 0) is 16.1 Å². The highest BCUT2D eigenvalue weighted by atomic mass is 35.5. The zero-order valence-electron chi connectivity index (χ0n) is 20.9. The topological polar surface area (TPSA) is 149 Å². The number of aromatic nitrogens is 3. The maximum absolute atomic E-state index is 12.8. The minimum absolute atomic E-state index is 0. The molecule has 0 unspecified atom stereocenters. The van der Waals surface area contributed by atoms with Crippen LogP contribution in [0.5, 0.6) is 0 Å². The standard InChI is InChI=1S/C19H22N4O5.C7H7ClFN.CH4/c1-28-17(27)19-6-3-18(4-7-19,5-8-19)11-20-15(24)13-10-12(16(25)26)22-14-2-9-21-23(13)14;8-6-3-5(4-10)1-2-7(6)9;/h2,9-10H,3-8,11H2,1H3,(H,20,24)(H,25,26);1-3H,4,10H2;1H4. The fourth-order valence-electron chi connectivity index (χ4n) is 5.26. The van der Waals surface area contributed by atoms with E-state index < -0.39 is 11.8 Å². The molecule has 0 radical (unpaired) electrons. The number of nitrogens with one attached hydrogen (secondary N) is 1. The van der Waals surface area contributed by atoms with Crippen LogP contribution >= 0.6 is 11.6 Å². The Morgan fingerprint density at radius 3 is 2.38 bits per heavy atom. The lowest BCUT2D eigenvalue weighted by atomic mass is 9.53. The summed E-state index contributed by atoms with van der Waals surface area (Å²) in [6, 6.07) is 7.23. The van der Waals surface area contributed by atoms with Gasteiger partial charge in [0.15, 0.2) is 11.3 Å². The zero-order valence-corrected chi connectivity index (χ0v) is 21.6. The number of nitrogens with zero attached hydrogens (tertiary/aromatic N) is 3. The van der Waals surface area contributed by atoms with Crippen LogP contribution in [0.4, 0.5) is 4.39 Å². The summed E-state index contributed by atoms with van der Waals surface area (Å²) >= 11 is 5.46. The highest BCUT2D eigenvalue weighted by Gasteiger charge is 2.53. The van der Waals surface area contributed by atoms with Crippen molar-refractivity contribution in [2.45, 2.75) is 52.5 Å². The van der Waals surface area contributed by atoms with Crippen molar-refractivity contribution in [3.8, 4) is 0 Å². The van der Waals surface area contributed by atoms with E-state index in [9.17, 15) is 23.9 Å². The van der Waals surface area contributed by atoms with Crippen LogP contribution in [0.15, 0.2) is 36.5 Å². The highest BCUT2D eigenvalue weighted by Crippen LogP contribution is 2.57. The van der Waals surface area contributed by atoms with Gasteiger partial charge in [0.05, 0.1) is 23.7 Å². The smallest absolute Gasteiger partial charge is 0.354 e. The number of aromatic carboxylic acids is 1. The highest BCUT2D eigenvalue weighted by molar-refractivity contribution is 6.30. The largest absolute Gasteiger partial charge is 0.477 e. The third kappa shape index (κ3) is 6.20. The van der Waals surface area contributed by atoms with E-state index in [4.69, 9.17) is 22.1 Å². The Hall–Kier alpha value is -3.57. The maximum atomic E-state index is 12.8. The van der Waals surface area contributed by atoms with Gasteiger partial charge < -0.3 is 20.9 Å². The Labute approximate surface area is 230 Å². The molecule has 3 fully saturated rings. The Morgan fingerprint density at radius 1 is 1.15 bits per heavy atom. The second kappa shape index (κ2) is 12.1. The number of amides is 1. The molecule has 12 heteroatoms. The lowest BCUT2D eigenvalue weighted by Crippen LogP contribution is -2.50. The number of methoxy groups -OCH3 is 1. The van der Waals surface area contributed by atoms with Gasteiger partial charge in [0.2, 0.25) is 0 Å². The molecule has 3 saturated carbocycles. The van der Waals surface area contributed by atoms with Crippen molar-refractivity contribution in [2.75, 3.05) is 13.7 Å². The third-order valence-electron chi connectivity index (χ3n) is 7.67. The average molecular weight is 562 g/mol. The minimum atomic E-state index is -1.20. The van der Waals surface area contributed by atoms with Crippen LogP contribution in [0.1, 0.15) is 72.5 Å². The molecule has 1 aromatic carbocycles. The van der Waals surface area contributed by atoms with Crippen LogP contribution in [0.3, 0.4) is 0 Å². The molecule has 0 atom stereocenters. The summed E-state index contributed by atoms with van der Waals surface area (Å²) in [5.74, 6) is -2.11. The van der Waals surface area contributed by atoms with Crippen LogP contribution < -0.4 is 11.1 Å². The number of carboxylic acid groups (broad SMARTS) is 1. The molecule has 1 amide bonds. The van der Waals surface area contributed by atoms with Gasteiger partial charge in [-0.2, -0.15) is 5.10 Å². The molecule has 2 bridgehead atoms. The van der Waals surface area contributed by atoms with E-state index in [1.54, 1.807) is 12.1 Å². The number of nitrogens with two attached hydrogens (primary N) is 1. The first-order valence-corrected chi connectivity index (χ1v) is 12.6. The first kappa shape index (κ1) is 30.0. The maximum Gasteiger partial charge on any atom is 0.354 e. The number of esters is 1. The van der Waals surface area contributed by atoms with Crippen LogP contribution in [0, 0.1) is 16.6 Å². The molecule has 2 aromatic heterocycles.